The van der Waals surface area contributed by atoms with Crippen LogP contribution in [-0.4, -0.2) is 28.7 Å². The van der Waals surface area contributed by atoms with Gasteiger partial charge in [-0.3, -0.25) is 0 Å². The lowest BCUT2D eigenvalue weighted by atomic mass is 10.3. The van der Waals surface area contributed by atoms with Gasteiger partial charge in [-0.2, -0.15) is 0 Å². The molecule has 0 amide bonds. The Morgan fingerprint density at radius 2 is 1.63 bits per heavy atom. The van der Waals surface area contributed by atoms with Crippen molar-refractivity contribution in [3.63, 3.8) is 0 Å². The van der Waals surface area contributed by atoms with E-state index in [-0.39, 0.29) is 20.7 Å². The molecule has 108 valence electrons. The van der Waals surface area contributed by atoms with Crippen LogP contribution in [0, 0.1) is 0 Å². The Kier molecular flexibility index (Phi) is 6.69. The number of ether oxygens (including phenoxy) is 2. The third kappa shape index (κ3) is 5.36. The van der Waals surface area contributed by atoms with Gasteiger partial charge in [0, 0.05) is 24.4 Å². The largest absolute Gasteiger partial charge is 0.490 e. The Morgan fingerprint density at radius 1 is 1.11 bits per heavy atom. The average Bonchev–Trinajstić information content (AvgIpc) is 2.30. The molecule has 0 aliphatic heterocycles. The summed E-state index contributed by atoms with van der Waals surface area (Å²) in [5.41, 5.74) is 0. The van der Waals surface area contributed by atoms with Gasteiger partial charge in [-0.1, -0.05) is 23.2 Å². The van der Waals surface area contributed by atoms with Gasteiger partial charge in [-0.15, -0.1) is 0 Å². The van der Waals surface area contributed by atoms with Crippen LogP contribution in [-0.2, 0) is 13.8 Å². The van der Waals surface area contributed by atoms with Crippen LogP contribution < -0.4 is 4.74 Å². The second-order valence-electron chi connectivity index (χ2n) is 3.70. The molecular weight excluding hydrogens is 335 g/mol. The molecule has 4 nitrogen and oxygen atoms in total. The first-order valence-corrected chi connectivity index (χ1v) is 8.48. The van der Waals surface area contributed by atoms with Crippen LogP contribution in [0.25, 0.3) is 0 Å². The summed E-state index contributed by atoms with van der Waals surface area (Å²) < 4.78 is 32.7. The molecule has 1 aromatic carbocycles. The van der Waals surface area contributed by atoms with Crippen molar-refractivity contribution in [2.45, 2.75) is 17.7 Å². The molecular formula is C11H13Cl3O4S. The number of methoxy groups -OCH3 is 1. The van der Waals surface area contributed by atoms with E-state index in [0.717, 1.165) is 12.8 Å². The number of halogens is 3. The van der Waals surface area contributed by atoms with Crippen molar-refractivity contribution in [3.8, 4) is 5.75 Å². The van der Waals surface area contributed by atoms with Crippen molar-refractivity contribution < 1.29 is 17.9 Å². The highest BCUT2D eigenvalue weighted by Crippen LogP contribution is 2.36. The van der Waals surface area contributed by atoms with Gasteiger partial charge in [0.2, 0.25) is 0 Å². The number of hydrogen-bond acceptors (Lipinski definition) is 4. The van der Waals surface area contributed by atoms with Gasteiger partial charge in [-0.25, -0.2) is 8.42 Å². The molecule has 0 saturated carbocycles. The molecule has 0 atom stereocenters. The maximum Gasteiger partial charge on any atom is 0.261 e. The fourth-order valence-electron chi connectivity index (χ4n) is 1.34. The standard InChI is InChI=1S/C11H13Cl3O4S/c1-17-4-2-3-5-18-11-9(12)6-8(7-10(11)13)19(14,15)16/h6-7H,2-5H2,1H3. The van der Waals surface area contributed by atoms with Crippen LogP contribution in [0.15, 0.2) is 17.0 Å². The Bertz CT molecular complexity index is 508. The molecule has 0 aromatic heterocycles. The van der Waals surface area contributed by atoms with Gasteiger partial charge in [0.15, 0.2) is 5.75 Å². The van der Waals surface area contributed by atoms with Crippen LogP contribution in [0.4, 0.5) is 0 Å². The van der Waals surface area contributed by atoms with Gasteiger partial charge in [-0.05, 0) is 25.0 Å². The van der Waals surface area contributed by atoms with E-state index in [2.05, 4.69) is 0 Å². The SMILES string of the molecule is COCCCCOc1c(Cl)cc(S(=O)(=O)Cl)cc1Cl. The highest BCUT2D eigenvalue weighted by Gasteiger charge is 2.16. The summed E-state index contributed by atoms with van der Waals surface area (Å²) in [5, 5.41) is 0.219. The topological polar surface area (TPSA) is 52.6 Å². The van der Waals surface area contributed by atoms with Crippen LogP contribution >= 0.6 is 33.9 Å². The lowest BCUT2D eigenvalue weighted by Crippen LogP contribution is -2.01. The number of benzene rings is 1. The first-order valence-electron chi connectivity index (χ1n) is 5.41. The Labute approximate surface area is 127 Å². The molecule has 0 spiro atoms. The van der Waals surface area contributed by atoms with Crippen molar-refractivity contribution in [2.24, 2.45) is 0 Å². The Hall–Kier alpha value is -0.200. The molecule has 0 heterocycles. The minimum absolute atomic E-state index is 0.110. The number of hydrogen-bond donors (Lipinski definition) is 0. The van der Waals surface area contributed by atoms with E-state index in [1.54, 1.807) is 7.11 Å². The first-order chi connectivity index (χ1) is 8.86. The molecule has 0 fully saturated rings. The predicted molar refractivity (Wildman–Crippen MR) is 76.1 cm³/mol. The summed E-state index contributed by atoms with van der Waals surface area (Å²) in [6.07, 6.45) is 1.62. The average molecular weight is 348 g/mol. The molecule has 0 aliphatic rings. The molecule has 0 radical (unpaired) electrons. The molecule has 0 saturated heterocycles. The normalized spacial score (nSPS) is 11.6. The molecule has 19 heavy (non-hydrogen) atoms. The zero-order chi connectivity index (χ0) is 14.5. The third-order valence-electron chi connectivity index (χ3n) is 2.24. The maximum absolute atomic E-state index is 11.2. The fraction of sp³-hybridized carbons (Fsp3) is 0.455. The van der Waals surface area contributed by atoms with E-state index in [1.165, 1.54) is 12.1 Å². The molecule has 1 aromatic rings. The minimum atomic E-state index is -3.87. The second kappa shape index (κ2) is 7.55. The highest BCUT2D eigenvalue weighted by atomic mass is 35.7. The zero-order valence-electron chi connectivity index (χ0n) is 10.2. The highest BCUT2D eigenvalue weighted by molar-refractivity contribution is 8.13. The van der Waals surface area contributed by atoms with Gasteiger partial charge in [0.1, 0.15) is 0 Å². The zero-order valence-corrected chi connectivity index (χ0v) is 13.2. The smallest absolute Gasteiger partial charge is 0.261 e. The van der Waals surface area contributed by atoms with E-state index in [9.17, 15) is 8.42 Å². The summed E-state index contributed by atoms with van der Waals surface area (Å²) in [6.45, 7) is 1.06. The summed E-state index contributed by atoms with van der Waals surface area (Å²) in [4.78, 5) is -0.157. The van der Waals surface area contributed by atoms with Crippen molar-refractivity contribution in [3.05, 3.63) is 22.2 Å². The molecule has 0 unspecified atom stereocenters. The Balaban J connectivity index is 2.75. The fourth-order valence-corrected chi connectivity index (χ4v) is 2.85. The van der Waals surface area contributed by atoms with Gasteiger partial charge >= 0.3 is 0 Å². The monoisotopic (exact) mass is 346 g/mol. The summed E-state index contributed by atoms with van der Waals surface area (Å²) in [6, 6.07) is 2.42. The van der Waals surface area contributed by atoms with Gasteiger partial charge in [0.05, 0.1) is 21.5 Å². The van der Waals surface area contributed by atoms with Crippen molar-refractivity contribution in [2.75, 3.05) is 20.3 Å². The molecule has 0 bridgehead atoms. The van der Waals surface area contributed by atoms with E-state index in [0.29, 0.717) is 13.2 Å². The summed E-state index contributed by atoms with van der Waals surface area (Å²) >= 11 is 11.8. The van der Waals surface area contributed by atoms with E-state index >= 15 is 0 Å². The molecule has 1 rings (SSSR count). The first kappa shape index (κ1) is 16.9. The van der Waals surface area contributed by atoms with Crippen LogP contribution in [0.5, 0.6) is 5.75 Å². The lowest BCUT2D eigenvalue weighted by Gasteiger charge is -2.10. The minimum Gasteiger partial charge on any atom is -0.490 e. The summed E-state index contributed by atoms with van der Waals surface area (Å²) in [5.74, 6) is 0.254. The number of rotatable bonds is 7. The van der Waals surface area contributed by atoms with E-state index in [1.807, 2.05) is 0 Å². The Morgan fingerprint density at radius 3 is 2.11 bits per heavy atom. The van der Waals surface area contributed by atoms with Gasteiger partial charge < -0.3 is 9.47 Å². The van der Waals surface area contributed by atoms with Crippen molar-refractivity contribution >= 4 is 42.9 Å². The van der Waals surface area contributed by atoms with Crippen molar-refractivity contribution in [1.29, 1.82) is 0 Å². The van der Waals surface area contributed by atoms with Crippen LogP contribution in [0.3, 0.4) is 0 Å². The molecule has 0 aliphatic carbocycles. The van der Waals surface area contributed by atoms with Crippen molar-refractivity contribution in [1.82, 2.24) is 0 Å². The second-order valence-corrected chi connectivity index (χ2v) is 7.08. The van der Waals surface area contributed by atoms with Crippen LogP contribution in [0.2, 0.25) is 10.0 Å². The third-order valence-corrected chi connectivity index (χ3v) is 4.14. The molecule has 0 N–H and O–H groups in total. The predicted octanol–water partition coefficient (Wildman–Crippen LogP) is 3.73. The molecule has 8 heteroatoms. The quantitative estimate of drug-likeness (QED) is 0.557. The van der Waals surface area contributed by atoms with E-state index in [4.69, 9.17) is 43.4 Å². The maximum atomic E-state index is 11.2. The summed E-state index contributed by atoms with van der Waals surface area (Å²) in [7, 11) is 2.98. The van der Waals surface area contributed by atoms with Gasteiger partial charge in [0.25, 0.3) is 9.05 Å². The van der Waals surface area contributed by atoms with E-state index < -0.39 is 9.05 Å². The number of unbranched alkanes of at least 4 members (excludes halogenated alkanes) is 1. The lowest BCUT2D eigenvalue weighted by molar-refractivity contribution is 0.184. The van der Waals surface area contributed by atoms with Crippen LogP contribution in [0.1, 0.15) is 12.8 Å².